The first kappa shape index (κ1) is 22.8. The van der Waals surface area contributed by atoms with Gasteiger partial charge in [-0.1, -0.05) is 31.0 Å². The summed E-state index contributed by atoms with van der Waals surface area (Å²) >= 11 is 0. The van der Waals surface area contributed by atoms with Crippen LogP contribution in [0.5, 0.6) is 0 Å². The van der Waals surface area contributed by atoms with Crippen LogP contribution >= 0.6 is 0 Å². The van der Waals surface area contributed by atoms with Gasteiger partial charge in [0.25, 0.3) is 5.56 Å². The van der Waals surface area contributed by atoms with Gasteiger partial charge < -0.3 is 4.90 Å². The predicted octanol–water partition coefficient (Wildman–Crippen LogP) is 2.46. The van der Waals surface area contributed by atoms with Gasteiger partial charge in [-0.15, -0.1) is 5.92 Å². The van der Waals surface area contributed by atoms with E-state index in [1.807, 2.05) is 35.8 Å². The van der Waals surface area contributed by atoms with Crippen molar-refractivity contribution in [3.8, 4) is 11.8 Å². The fourth-order valence-corrected chi connectivity index (χ4v) is 4.93. The molecule has 3 aromatic heterocycles. The van der Waals surface area contributed by atoms with Crippen molar-refractivity contribution < 1.29 is 0 Å². The number of aromatic nitrogens is 6. The molecular weight excluding hydrogens is 442 g/mol. The molecular formula is C26H29N7O2. The maximum Gasteiger partial charge on any atom is 0.332 e. The molecule has 9 nitrogen and oxygen atoms in total. The first-order valence-corrected chi connectivity index (χ1v) is 12.0. The normalized spacial score (nSPS) is 16.0. The van der Waals surface area contributed by atoms with Crippen molar-refractivity contribution in [1.82, 2.24) is 28.7 Å². The SMILES string of the molecule is CC#CCn1c(N2CCC[C@H](C)C2)nc2c1c(=O)n(Cc1nc(C)c3ccccc3n1)c(=O)n2C. The van der Waals surface area contributed by atoms with Crippen molar-refractivity contribution in [2.24, 2.45) is 13.0 Å². The number of para-hydroxylation sites is 1. The van der Waals surface area contributed by atoms with E-state index in [1.165, 1.54) is 15.6 Å². The highest BCUT2D eigenvalue weighted by molar-refractivity contribution is 5.80. The van der Waals surface area contributed by atoms with E-state index < -0.39 is 11.2 Å². The molecule has 0 radical (unpaired) electrons. The molecule has 0 unspecified atom stereocenters. The van der Waals surface area contributed by atoms with Gasteiger partial charge in [0, 0.05) is 31.2 Å². The Morgan fingerprint density at radius 2 is 1.91 bits per heavy atom. The number of benzene rings is 1. The van der Waals surface area contributed by atoms with Gasteiger partial charge >= 0.3 is 5.69 Å². The van der Waals surface area contributed by atoms with E-state index in [1.54, 1.807) is 14.0 Å². The minimum atomic E-state index is -0.443. The van der Waals surface area contributed by atoms with Gasteiger partial charge in [0.2, 0.25) is 5.95 Å². The maximum atomic E-state index is 13.8. The van der Waals surface area contributed by atoms with E-state index >= 15 is 0 Å². The van der Waals surface area contributed by atoms with Gasteiger partial charge in [0.1, 0.15) is 5.82 Å². The molecule has 0 amide bonds. The number of fused-ring (bicyclic) bond motifs is 2. The van der Waals surface area contributed by atoms with Gasteiger partial charge in [-0.05, 0) is 38.7 Å². The molecule has 0 bridgehead atoms. The fourth-order valence-electron chi connectivity index (χ4n) is 4.93. The van der Waals surface area contributed by atoms with Crippen LogP contribution in [0.15, 0.2) is 33.9 Å². The molecule has 0 spiro atoms. The number of piperidine rings is 1. The molecule has 1 aliphatic rings. The molecule has 4 aromatic rings. The Morgan fingerprint density at radius 1 is 1.11 bits per heavy atom. The Hall–Kier alpha value is -3.93. The van der Waals surface area contributed by atoms with Crippen LogP contribution in [0.2, 0.25) is 0 Å². The predicted molar refractivity (Wildman–Crippen MR) is 137 cm³/mol. The molecule has 1 atom stereocenters. The molecule has 0 aliphatic carbocycles. The van der Waals surface area contributed by atoms with E-state index in [2.05, 4.69) is 33.6 Å². The first-order chi connectivity index (χ1) is 16.9. The van der Waals surface area contributed by atoms with Gasteiger partial charge in [0.05, 0.1) is 18.6 Å². The van der Waals surface area contributed by atoms with Crippen molar-refractivity contribution in [3.63, 3.8) is 0 Å². The summed E-state index contributed by atoms with van der Waals surface area (Å²) in [4.78, 5) is 43.2. The van der Waals surface area contributed by atoms with E-state index in [-0.39, 0.29) is 6.54 Å². The summed E-state index contributed by atoms with van der Waals surface area (Å²) in [6.45, 7) is 7.92. The van der Waals surface area contributed by atoms with Crippen molar-refractivity contribution in [2.75, 3.05) is 18.0 Å². The Labute approximate surface area is 203 Å². The molecule has 1 fully saturated rings. The summed E-state index contributed by atoms with van der Waals surface area (Å²) in [5, 5.41) is 0.948. The summed E-state index contributed by atoms with van der Waals surface area (Å²) in [5.74, 6) is 7.64. The third-order valence-electron chi connectivity index (χ3n) is 6.71. The van der Waals surface area contributed by atoms with Crippen LogP contribution in [-0.4, -0.2) is 41.7 Å². The number of rotatable bonds is 4. The molecule has 5 rings (SSSR count). The topological polar surface area (TPSA) is 90.8 Å². The molecule has 1 aromatic carbocycles. The summed E-state index contributed by atoms with van der Waals surface area (Å²) < 4.78 is 4.50. The zero-order chi connectivity index (χ0) is 24.7. The first-order valence-electron chi connectivity index (χ1n) is 12.0. The quantitative estimate of drug-likeness (QED) is 0.425. The molecule has 35 heavy (non-hydrogen) atoms. The minimum absolute atomic E-state index is 0.0200. The second-order valence-electron chi connectivity index (χ2n) is 9.27. The molecule has 4 heterocycles. The second kappa shape index (κ2) is 9.02. The Balaban J connectivity index is 1.69. The van der Waals surface area contributed by atoms with E-state index in [9.17, 15) is 9.59 Å². The van der Waals surface area contributed by atoms with E-state index in [4.69, 9.17) is 4.98 Å². The van der Waals surface area contributed by atoms with Crippen molar-refractivity contribution >= 4 is 28.0 Å². The standard InChI is InChI=1S/C26H29N7O2/c1-5-6-14-32-22-23(29-25(32)31-13-9-10-17(2)15-31)30(4)26(35)33(24(22)34)16-21-27-18(3)19-11-7-8-12-20(19)28-21/h7-8,11-12,17H,9-10,13-16H2,1-4H3/t17-/m0/s1. The summed E-state index contributed by atoms with van der Waals surface area (Å²) in [6.07, 6.45) is 2.23. The van der Waals surface area contributed by atoms with Crippen LogP contribution in [0.4, 0.5) is 5.95 Å². The fraction of sp³-hybridized carbons (Fsp3) is 0.423. The molecule has 0 N–H and O–H groups in total. The Bertz CT molecular complexity index is 1620. The highest BCUT2D eigenvalue weighted by atomic mass is 16.2. The molecule has 1 aliphatic heterocycles. The minimum Gasteiger partial charge on any atom is -0.342 e. The maximum absolute atomic E-state index is 13.8. The van der Waals surface area contributed by atoms with Gasteiger partial charge in [-0.3, -0.25) is 18.5 Å². The smallest absolute Gasteiger partial charge is 0.332 e. The Kier molecular flexibility index (Phi) is 5.89. The van der Waals surface area contributed by atoms with Gasteiger partial charge in [-0.25, -0.2) is 14.8 Å². The number of aryl methyl sites for hydroxylation is 2. The lowest BCUT2D eigenvalue weighted by atomic mass is 10.0. The lowest BCUT2D eigenvalue weighted by Crippen LogP contribution is -2.40. The van der Waals surface area contributed by atoms with Gasteiger partial charge in [0.15, 0.2) is 11.2 Å². The number of nitrogens with zero attached hydrogens (tertiary/aromatic N) is 7. The van der Waals surface area contributed by atoms with Crippen molar-refractivity contribution in [1.29, 1.82) is 0 Å². The average molecular weight is 472 g/mol. The zero-order valence-electron chi connectivity index (χ0n) is 20.6. The third kappa shape index (κ3) is 3.99. The van der Waals surface area contributed by atoms with Crippen LogP contribution in [-0.2, 0) is 20.1 Å². The number of anilines is 1. The summed E-state index contributed by atoms with van der Waals surface area (Å²) in [5.41, 5.74) is 1.49. The average Bonchev–Trinajstić information content (AvgIpc) is 3.24. The van der Waals surface area contributed by atoms with Crippen LogP contribution in [0, 0.1) is 24.7 Å². The van der Waals surface area contributed by atoms with E-state index in [0.29, 0.717) is 35.4 Å². The van der Waals surface area contributed by atoms with Crippen LogP contribution in [0.1, 0.15) is 38.2 Å². The molecule has 9 heteroatoms. The highest BCUT2D eigenvalue weighted by Gasteiger charge is 2.26. The van der Waals surface area contributed by atoms with Crippen molar-refractivity contribution in [2.45, 2.75) is 46.7 Å². The van der Waals surface area contributed by atoms with E-state index in [0.717, 1.165) is 36.1 Å². The van der Waals surface area contributed by atoms with Crippen LogP contribution < -0.4 is 16.1 Å². The lowest BCUT2D eigenvalue weighted by Gasteiger charge is -2.31. The summed E-state index contributed by atoms with van der Waals surface area (Å²) in [6, 6.07) is 7.71. The molecule has 1 saturated heterocycles. The molecule has 0 saturated carbocycles. The number of hydrogen-bond acceptors (Lipinski definition) is 6. The number of hydrogen-bond donors (Lipinski definition) is 0. The summed E-state index contributed by atoms with van der Waals surface area (Å²) in [7, 11) is 1.65. The largest absolute Gasteiger partial charge is 0.342 e. The van der Waals surface area contributed by atoms with Crippen LogP contribution in [0.3, 0.4) is 0 Å². The van der Waals surface area contributed by atoms with Crippen molar-refractivity contribution in [3.05, 3.63) is 56.6 Å². The molecule has 180 valence electrons. The lowest BCUT2D eigenvalue weighted by molar-refractivity contribution is 0.439. The zero-order valence-corrected chi connectivity index (χ0v) is 20.6. The number of imidazole rings is 1. The highest BCUT2D eigenvalue weighted by Crippen LogP contribution is 2.25. The van der Waals surface area contributed by atoms with Crippen LogP contribution in [0.25, 0.3) is 22.1 Å². The third-order valence-corrected chi connectivity index (χ3v) is 6.71. The monoisotopic (exact) mass is 471 g/mol. The Morgan fingerprint density at radius 3 is 2.69 bits per heavy atom. The van der Waals surface area contributed by atoms with Gasteiger partial charge in [-0.2, -0.15) is 4.98 Å². The second-order valence-corrected chi connectivity index (χ2v) is 9.27.